The van der Waals surface area contributed by atoms with Crippen LogP contribution in [0.4, 0.5) is 0 Å². The fourth-order valence-corrected chi connectivity index (χ4v) is 3.09. The summed E-state index contributed by atoms with van der Waals surface area (Å²) in [7, 11) is 0. The zero-order valence-corrected chi connectivity index (χ0v) is 14.4. The molecule has 21 heavy (non-hydrogen) atoms. The Labute approximate surface area is 131 Å². The monoisotopic (exact) mass is 303 g/mol. The number of hydrogen-bond donors (Lipinski definition) is 1. The van der Waals surface area contributed by atoms with Crippen molar-refractivity contribution in [3.63, 3.8) is 0 Å². The molecule has 0 amide bonds. The van der Waals surface area contributed by atoms with E-state index in [4.69, 9.17) is 0 Å². The van der Waals surface area contributed by atoms with Gasteiger partial charge in [0.15, 0.2) is 0 Å². The maximum absolute atomic E-state index is 4.42. The Kier molecular flexibility index (Phi) is 4.79. The highest BCUT2D eigenvalue weighted by Gasteiger charge is 2.27. The Morgan fingerprint density at radius 3 is 2.29 bits per heavy atom. The maximum Gasteiger partial charge on any atom is 0.127 e. The summed E-state index contributed by atoms with van der Waals surface area (Å²) >= 11 is 1.72. The minimum atomic E-state index is -0.0887. The molecule has 0 bridgehead atoms. The van der Waals surface area contributed by atoms with E-state index in [0.717, 1.165) is 23.0 Å². The van der Waals surface area contributed by atoms with E-state index in [1.807, 2.05) is 6.07 Å². The third kappa shape index (κ3) is 4.35. The first-order valence-corrected chi connectivity index (χ1v) is 8.24. The third-order valence-electron chi connectivity index (χ3n) is 3.49. The summed E-state index contributed by atoms with van der Waals surface area (Å²) in [6, 6.07) is 10.5. The average molecular weight is 303 g/mol. The van der Waals surface area contributed by atoms with Crippen molar-refractivity contribution in [1.82, 2.24) is 15.5 Å². The molecule has 0 aliphatic carbocycles. The van der Waals surface area contributed by atoms with Crippen LogP contribution in [0.1, 0.15) is 50.2 Å². The van der Waals surface area contributed by atoms with Gasteiger partial charge in [-0.2, -0.15) is 0 Å². The van der Waals surface area contributed by atoms with Crippen molar-refractivity contribution in [3.05, 3.63) is 45.9 Å². The van der Waals surface area contributed by atoms with E-state index in [1.54, 1.807) is 11.3 Å². The van der Waals surface area contributed by atoms with E-state index < -0.39 is 0 Å². The topological polar surface area (TPSA) is 37.8 Å². The van der Waals surface area contributed by atoms with E-state index in [9.17, 15) is 0 Å². The second-order valence-electron chi connectivity index (χ2n) is 6.92. The number of nitrogens with zero attached hydrogens (tertiary/aromatic N) is 2. The molecule has 3 nitrogen and oxygen atoms in total. The summed E-state index contributed by atoms with van der Waals surface area (Å²) in [5.41, 5.74) is 1.34. The average Bonchev–Trinajstić information content (AvgIpc) is 2.88. The predicted molar refractivity (Wildman–Crippen MR) is 89.9 cm³/mol. The van der Waals surface area contributed by atoms with E-state index >= 15 is 0 Å². The number of hydrogen-bond acceptors (Lipinski definition) is 4. The molecular formula is C17H25N3S. The zero-order valence-electron chi connectivity index (χ0n) is 13.6. The SMILES string of the molecule is CC(C)(C)NCCc1nnc(C(C)(C)c2ccccc2)s1. The quantitative estimate of drug-likeness (QED) is 0.913. The van der Waals surface area contributed by atoms with Gasteiger partial charge in [0.1, 0.15) is 10.0 Å². The summed E-state index contributed by atoms with van der Waals surface area (Å²) in [6.45, 7) is 11.9. The van der Waals surface area contributed by atoms with Crippen LogP contribution in [0.15, 0.2) is 30.3 Å². The van der Waals surface area contributed by atoms with Crippen LogP contribution in [0, 0.1) is 0 Å². The van der Waals surface area contributed by atoms with Gasteiger partial charge in [0.25, 0.3) is 0 Å². The van der Waals surface area contributed by atoms with Gasteiger partial charge < -0.3 is 5.32 Å². The molecular weight excluding hydrogens is 278 g/mol. The molecule has 114 valence electrons. The largest absolute Gasteiger partial charge is 0.312 e. The number of nitrogens with one attached hydrogen (secondary N) is 1. The first-order valence-electron chi connectivity index (χ1n) is 7.42. The summed E-state index contributed by atoms with van der Waals surface area (Å²) < 4.78 is 0. The first-order chi connectivity index (χ1) is 9.79. The fraction of sp³-hybridized carbons (Fsp3) is 0.529. The van der Waals surface area contributed by atoms with Crippen LogP contribution in [-0.2, 0) is 11.8 Å². The van der Waals surface area contributed by atoms with Gasteiger partial charge in [-0.3, -0.25) is 0 Å². The smallest absolute Gasteiger partial charge is 0.127 e. The van der Waals surface area contributed by atoms with Gasteiger partial charge in [-0.1, -0.05) is 30.3 Å². The lowest BCUT2D eigenvalue weighted by Crippen LogP contribution is -2.37. The Balaban J connectivity index is 2.06. The highest BCUT2D eigenvalue weighted by Crippen LogP contribution is 2.33. The van der Waals surface area contributed by atoms with Crippen LogP contribution in [0.25, 0.3) is 0 Å². The normalized spacial score (nSPS) is 12.6. The van der Waals surface area contributed by atoms with Crippen molar-refractivity contribution in [2.45, 2.75) is 52.0 Å². The van der Waals surface area contributed by atoms with Gasteiger partial charge in [0, 0.05) is 23.9 Å². The highest BCUT2D eigenvalue weighted by molar-refractivity contribution is 7.11. The van der Waals surface area contributed by atoms with Gasteiger partial charge in [0.2, 0.25) is 0 Å². The second kappa shape index (κ2) is 6.24. The van der Waals surface area contributed by atoms with E-state index in [1.165, 1.54) is 5.56 Å². The van der Waals surface area contributed by atoms with Crippen LogP contribution in [0.2, 0.25) is 0 Å². The molecule has 0 unspecified atom stereocenters. The number of benzene rings is 1. The standard InChI is InChI=1S/C17H25N3S/c1-16(2,3)18-12-11-14-19-20-15(21-14)17(4,5)13-9-7-6-8-10-13/h6-10,18H,11-12H2,1-5H3. The van der Waals surface area contributed by atoms with Crippen LogP contribution >= 0.6 is 11.3 Å². The number of rotatable bonds is 5. The molecule has 2 rings (SSSR count). The first kappa shape index (κ1) is 16.1. The Morgan fingerprint density at radius 2 is 1.67 bits per heavy atom. The molecule has 0 saturated carbocycles. The van der Waals surface area contributed by atoms with E-state index in [-0.39, 0.29) is 11.0 Å². The van der Waals surface area contributed by atoms with Crippen molar-refractivity contribution < 1.29 is 0 Å². The van der Waals surface area contributed by atoms with Gasteiger partial charge in [-0.25, -0.2) is 0 Å². The van der Waals surface area contributed by atoms with Crippen LogP contribution in [-0.4, -0.2) is 22.3 Å². The fourth-order valence-electron chi connectivity index (χ4n) is 2.13. The molecule has 0 fully saturated rings. The van der Waals surface area contributed by atoms with E-state index in [2.05, 4.69) is 74.4 Å². The zero-order chi connectivity index (χ0) is 15.5. The second-order valence-corrected chi connectivity index (χ2v) is 7.98. The van der Waals surface area contributed by atoms with Crippen LogP contribution < -0.4 is 5.32 Å². The highest BCUT2D eigenvalue weighted by atomic mass is 32.1. The van der Waals surface area contributed by atoms with Gasteiger partial charge in [-0.15, -0.1) is 21.5 Å². The molecule has 1 aromatic carbocycles. The molecule has 0 aliphatic rings. The van der Waals surface area contributed by atoms with Gasteiger partial charge in [0.05, 0.1) is 0 Å². The van der Waals surface area contributed by atoms with Crippen LogP contribution in [0.3, 0.4) is 0 Å². The Hall–Kier alpha value is -1.26. The van der Waals surface area contributed by atoms with Crippen LogP contribution in [0.5, 0.6) is 0 Å². The lowest BCUT2D eigenvalue weighted by molar-refractivity contribution is 0.429. The molecule has 1 heterocycles. The van der Waals surface area contributed by atoms with Gasteiger partial charge >= 0.3 is 0 Å². The van der Waals surface area contributed by atoms with Crippen molar-refractivity contribution in [2.24, 2.45) is 0 Å². The lowest BCUT2D eigenvalue weighted by Gasteiger charge is -2.21. The Bertz CT molecular complexity index is 567. The maximum atomic E-state index is 4.42. The van der Waals surface area contributed by atoms with Crippen molar-refractivity contribution in [2.75, 3.05) is 6.54 Å². The third-order valence-corrected chi connectivity index (χ3v) is 4.80. The molecule has 4 heteroatoms. The molecule has 0 spiro atoms. The number of aromatic nitrogens is 2. The summed E-state index contributed by atoms with van der Waals surface area (Å²) in [4.78, 5) is 0. The molecule has 2 aromatic rings. The van der Waals surface area contributed by atoms with Crippen molar-refractivity contribution >= 4 is 11.3 Å². The lowest BCUT2D eigenvalue weighted by atomic mass is 9.85. The predicted octanol–water partition coefficient (Wildman–Crippen LogP) is 3.79. The Morgan fingerprint density at radius 1 is 1.00 bits per heavy atom. The minimum Gasteiger partial charge on any atom is -0.312 e. The molecule has 0 radical (unpaired) electrons. The van der Waals surface area contributed by atoms with Crippen molar-refractivity contribution in [1.29, 1.82) is 0 Å². The molecule has 0 saturated heterocycles. The molecule has 0 aliphatic heterocycles. The summed E-state index contributed by atoms with van der Waals surface area (Å²) in [5, 5.41) is 14.5. The van der Waals surface area contributed by atoms with E-state index in [0.29, 0.717) is 0 Å². The summed E-state index contributed by atoms with van der Waals surface area (Å²) in [5.74, 6) is 0. The summed E-state index contributed by atoms with van der Waals surface area (Å²) in [6.07, 6.45) is 0.930. The molecule has 1 N–H and O–H groups in total. The molecule has 0 atom stereocenters. The molecule has 1 aromatic heterocycles. The van der Waals surface area contributed by atoms with Gasteiger partial charge in [-0.05, 0) is 40.2 Å². The minimum absolute atomic E-state index is 0.0887. The van der Waals surface area contributed by atoms with Crippen molar-refractivity contribution in [3.8, 4) is 0 Å².